The lowest BCUT2D eigenvalue weighted by atomic mass is 10.1. The molecule has 0 bridgehead atoms. The summed E-state index contributed by atoms with van der Waals surface area (Å²) in [7, 11) is 2.11. The molecule has 0 aliphatic rings. The van der Waals surface area contributed by atoms with Crippen molar-refractivity contribution in [2.24, 2.45) is 0 Å². The van der Waals surface area contributed by atoms with Crippen LogP contribution >= 0.6 is 0 Å². The maximum atomic E-state index is 12.4. The highest BCUT2D eigenvalue weighted by molar-refractivity contribution is 5.31. The van der Waals surface area contributed by atoms with Gasteiger partial charge in [-0.3, -0.25) is 4.79 Å². The normalized spacial score (nSPS) is 11.7. The van der Waals surface area contributed by atoms with E-state index in [0.29, 0.717) is 5.82 Å². The van der Waals surface area contributed by atoms with Crippen molar-refractivity contribution in [2.45, 2.75) is 39.3 Å². The molecule has 0 amide bonds. The maximum Gasteiger partial charge on any atom is 0.293 e. The first kappa shape index (κ1) is 18.2. The lowest BCUT2D eigenvalue weighted by Gasteiger charge is -2.22. The third kappa shape index (κ3) is 5.20. The molecular formula is C19H28N4O. The molecule has 0 unspecified atom stereocenters. The first-order chi connectivity index (χ1) is 11.4. The molecule has 5 nitrogen and oxygen atoms in total. The fourth-order valence-electron chi connectivity index (χ4n) is 2.59. The second-order valence-corrected chi connectivity index (χ2v) is 7.13. The summed E-state index contributed by atoms with van der Waals surface area (Å²) >= 11 is 0. The summed E-state index contributed by atoms with van der Waals surface area (Å²) in [5, 5.41) is 3.17. The Morgan fingerprint density at radius 2 is 1.92 bits per heavy atom. The van der Waals surface area contributed by atoms with Crippen molar-refractivity contribution in [1.82, 2.24) is 14.5 Å². The highest BCUT2D eigenvalue weighted by Crippen LogP contribution is 2.10. The van der Waals surface area contributed by atoms with Crippen molar-refractivity contribution in [3.05, 3.63) is 58.6 Å². The molecule has 0 aliphatic carbocycles. The van der Waals surface area contributed by atoms with Crippen LogP contribution in [0.25, 0.3) is 0 Å². The Labute approximate surface area is 144 Å². The Balaban J connectivity index is 1.81. The summed E-state index contributed by atoms with van der Waals surface area (Å²) in [5.74, 6) is 0.429. The average molecular weight is 328 g/mol. The van der Waals surface area contributed by atoms with Gasteiger partial charge in [-0.15, -0.1) is 0 Å². The minimum Gasteiger partial charge on any atom is -0.365 e. The number of anilines is 1. The molecule has 0 saturated heterocycles. The molecule has 5 heteroatoms. The van der Waals surface area contributed by atoms with Gasteiger partial charge in [-0.1, -0.05) is 30.3 Å². The van der Waals surface area contributed by atoms with E-state index >= 15 is 0 Å². The van der Waals surface area contributed by atoms with E-state index in [1.807, 2.05) is 26.8 Å². The lowest BCUT2D eigenvalue weighted by Crippen LogP contribution is -2.35. The molecule has 130 valence electrons. The third-order valence-corrected chi connectivity index (χ3v) is 3.87. The summed E-state index contributed by atoms with van der Waals surface area (Å²) in [6, 6.07) is 10.4. The summed E-state index contributed by atoms with van der Waals surface area (Å²) < 4.78 is 1.71. The van der Waals surface area contributed by atoms with E-state index in [-0.39, 0.29) is 11.1 Å². The largest absolute Gasteiger partial charge is 0.365 e. The minimum absolute atomic E-state index is 0.0670. The summed E-state index contributed by atoms with van der Waals surface area (Å²) in [5.41, 5.74) is 1.00. The molecule has 0 saturated carbocycles. The molecule has 1 heterocycles. The highest BCUT2D eigenvalue weighted by atomic mass is 16.1. The van der Waals surface area contributed by atoms with Gasteiger partial charge in [-0.2, -0.15) is 0 Å². The summed E-state index contributed by atoms with van der Waals surface area (Å²) in [6.45, 7) is 8.66. The molecule has 2 aromatic rings. The first-order valence-corrected chi connectivity index (χ1v) is 8.42. The fraction of sp³-hybridized carbons (Fsp3) is 0.474. The van der Waals surface area contributed by atoms with Crippen LogP contribution in [0.3, 0.4) is 0 Å². The van der Waals surface area contributed by atoms with Crippen LogP contribution in [-0.4, -0.2) is 34.6 Å². The molecule has 24 heavy (non-hydrogen) atoms. The number of hydrogen-bond acceptors (Lipinski definition) is 4. The van der Waals surface area contributed by atoms with Gasteiger partial charge in [0, 0.05) is 31.0 Å². The lowest BCUT2D eigenvalue weighted by molar-refractivity contribution is 0.325. The van der Waals surface area contributed by atoms with Crippen molar-refractivity contribution in [1.29, 1.82) is 0 Å². The molecule has 1 aromatic heterocycles. The van der Waals surface area contributed by atoms with E-state index in [1.54, 1.807) is 17.0 Å². The molecule has 0 atom stereocenters. The van der Waals surface area contributed by atoms with E-state index in [2.05, 4.69) is 46.5 Å². The van der Waals surface area contributed by atoms with E-state index < -0.39 is 0 Å². The molecule has 1 aromatic carbocycles. The number of hydrogen-bond donors (Lipinski definition) is 1. The van der Waals surface area contributed by atoms with E-state index in [0.717, 1.165) is 26.1 Å². The second-order valence-electron chi connectivity index (χ2n) is 7.13. The highest BCUT2D eigenvalue weighted by Gasteiger charge is 2.16. The molecule has 0 radical (unpaired) electrons. The first-order valence-electron chi connectivity index (χ1n) is 8.42. The third-order valence-electron chi connectivity index (χ3n) is 3.87. The smallest absolute Gasteiger partial charge is 0.293 e. The standard InChI is InChI=1S/C19H28N4O/c1-19(2,3)23-14-12-21-17(18(23)24)20-11-8-13-22(4)15-16-9-6-5-7-10-16/h5-7,9-10,12,14H,8,11,13,15H2,1-4H3,(H,20,21). The zero-order valence-corrected chi connectivity index (χ0v) is 15.1. The fourth-order valence-corrected chi connectivity index (χ4v) is 2.59. The molecular weight excluding hydrogens is 300 g/mol. The molecule has 0 spiro atoms. The van der Waals surface area contributed by atoms with Gasteiger partial charge >= 0.3 is 0 Å². The Morgan fingerprint density at radius 1 is 1.21 bits per heavy atom. The van der Waals surface area contributed by atoms with Crippen LogP contribution in [0.1, 0.15) is 32.8 Å². The van der Waals surface area contributed by atoms with Crippen molar-refractivity contribution in [2.75, 3.05) is 25.5 Å². The van der Waals surface area contributed by atoms with Gasteiger partial charge in [-0.25, -0.2) is 4.98 Å². The Morgan fingerprint density at radius 3 is 2.58 bits per heavy atom. The van der Waals surface area contributed by atoms with Crippen molar-refractivity contribution < 1.29 is 0 Å². The van der Waals surface area contributed by atoms with Crippen molar-refractivity contribution >= 4 is 5.82 Å². The Bertz CT molecular complexity index is 689. The number of aromatic nitrogens is 2. The monoisotopic (exact) mass is 328 g/mol. The Kier molecular flexibility index (Phi) is 6.15. The van der Waals surface area contributed by atoms with Crippen LogP contribution in [0.5, 0.6) is 0 Å². The van der Waals surface area contributed by atoms with Gasteiger partial charge in [0.2, 0.25) is 0 Å². The predicted octanol–water partition coefficient (Wildman–Crippen LogP) is 2.93. The van der Waals surface area contributed by atoms with Gasteiger partial charge in [0.15, 0.2) is 5.82 Å². The topological polar surface area (TPSA) is 50.2 Å². The minimum atomic E-state index is -0.244. The van der Waals surface area contributed by atoms with Gasteiger partial charge in [0.1, 0.15) is 0 Å². The summed E-state index contributed by atoms with van der Waals surface area (Å²) in [4.78, 5) is 18.9. The SMILES string of the molecule is CN(CCCNc1nccn(C(C)(C)C)c1=O)Cc1ccccc1. The van der Waals surface area contributed by atoms with E-state index in [1.165, 1.54) is 5.56 Å². The van der Waals surface area contributed by atoms with Crippen LogP contribution in [0, 0.1) is 0 Å². The predicted molar refractivity (Wildman–Crippen MR) is 99.4 cm³/mol. The van der Waals surface area contributed by atoms with Gasteiger partial charge in [0.05, 0.1) is 0 Å². The van der Waals surface area contributed by atoms with Gasteiger partial charge < -0.3 is 14.8 Å². The van der Waals surface area contributed by atoms with E-state index in [4.69, 9.17) is 0 Å². The number of nitrogens with zero attached hydrogens (tertiary/aromatic N) is 3. The average Bonchev–Trinajstić information content (AvgIpc) is 2.52. The van der Waals surface area contributed by atoms with Gasteiger partial charge in [-0.05, 0) is 46.3 Å². The van der Waals surface area contributed by atoms with Crippen LogP contribution in [0.15, 0.2) is 47.5 Å². The van der Waals surface area contributed by atoms with Crippen LogP contribution in [0.4, 0.5) is 5.82 Å². The number of benzene rings is 1. The van der Waals surface area contributed by atoms with Crippen molar-refractivity contribution in [3.8, 4) is 0 Å². The zero-order valence-electron chi connectivity index (χ0n) is 15.1. The van der Waals surface area contributed by atoms with Gasteiger partial charge in [0.25, 0.3) is 5.56 Å². The second kappa shape index (κ2) is 8.11. The van der Waals surface area contributed by atoms with Crippen LogP contribution in [0.2, 0.25) is 0 Å². The number of rotatable bonds is 7. The maximum absolute atomic E-state index is 12.4. The number of nitrogens with one attached hydrogen (secondary N) is 1. The molecule has 0 fully saturated rings. The Hall–Kier alpha value is -2.14. The summed E-state index contributed by atoms with van der Waals surface area (Å²) in [6.07, 6.45) is 4.37. The van der Waals surface area contributed by atoms with Crippen LogP contribution < -0.4 is 10.9 Å². The molecule has 0 aliphatic heterocycles. The molecule has 1 N–H and O–H groups in total. The van der Waals surface area contributed by atoms with E-state index in [9.17, 15) is 4.79 Å². The van der Waals surface area contributed by atoms with Crippen LogP contribution in [-0.2, 0) is 12.1 Å². The zero-order chi connectivity index (χ0) is 17.6. The quantitative estimate of drug-likeness (QED) is 0.794. The van der Waals surface area contributed by atoms with Crippen molar-refractivity contribution in [3.63, 3.8) is 0 Å². The molecule has 2 rings (SSSR count).